The number of thiazole rings is 1. The van der Waals surface area contributed by atoms with Gasteiger partial charge in [0.05, 0.1) is 17.1 Å². The van der Waals surface area contributed by atoms with Crippen LogP contribution in [-0.2, 0) is 17.8 Å². The van der Waals surface area contributed by atoms with E-state index < -0.39 is 0 Å². The summed E-state index contributed by atoms with van der Waals surface area (Å²) in [5.41, 5.74) is 4.12. The van der Waals surface area contributed by atoms with Gasteiger partial charge in [-0.3, -0.25) is 4.79 Å². The lowest BCUT2D eigenvalue weighted by molar-refractivity contribution is -0.129. The number of aromatic nitrogens is 1. The number of nitrogens with zero attached hydrogens (tertiary/aromatic N) is 2. The molecule has 0 fully saturated rings. The van der Waals surface area contributed by atoms with E-state index in [1.807, 2.05) is 38.2 Å². The highest BCUT2D eigenvalue weighted by molar-refractivity contribution is 7.12. The van der Waals surface area contributed by atoms with Gasteiger partial charge in [0, 0.05) is 29.1 Å². The number of likely N-dealkylation sites (N-methyl/N-ethyl adjacent to an activating group) is 1. The molecular formula is C21H21ClN2OS. The van der Waals surface area contributed by atoms with Crippen molar-refractivity contribution in [2.24, 2.45) is 0 Å². The molecule has 3 rings (SSSR count). The molecule has 0 aliphatic rings. The molecule has 0 spiro atoms. The second-order valence-electron chi connectivity index (χ2n) is 6.39. The number of aryl methyl sites for hydroxylation is 2. The number of hydrogen-bond donors (Lipinski definition) is 0. The summed E-state index contributed by atoms with van der Waals surface area (Å²) in [6.45, 7) is 4.53. The molecule has 26 heavy (non-hydrogen) atoms. The molecule has 1 heterocycles. The third-order valence-electron chi connectivity index (χ3n) is 4.23. The Morgan fingerprint density at radius 2 is 1.81 bits per heavy atom. The summed E-state index contributed by atoms with van der Waals surface area (Å²) >= 11 is 7.79. The molecule has 0 radical (unpaired) electrons. The third-order valence-corrected chi connectivity index (χ3v) is 5.57. The zero-order valence-corrected chi connectivity index (χ0v) is 16.7. The molecule has 5 heteroatoms. The Morgan fingerprint density at radius 1 is 1.12 bits per heavy atom. The van der Waals surface area contributed by atoms with Crippen molar-refractivity contribution in [2.75, 3.05) is 7.05 Å². The van der Waals surface area contributed by atoms with Crippen LogP contribution in [0.5, 0.6) is 0 Å². The maximum atomic E-state index is 12.7. The summed E-state index contributed by atoms with van der Waals surface area (Å²) < 4.78 is 0. The first-order valence-electron chi connectivity index (χ1n) is 8.44. The molecule has 134 valence electrons. The van der Waals surface area contributed by atoms with Gasteiger partial charge in [-0.05, 0) is 25.5 Å². The average molecular weight is 385 g/mol. The van der Waals surface area contributed by atoms with Gasteiger partial charge in [0.25, 0.3) is 0 Å². The molecule has 0 N–H and O–H groups in total. The molecule has 1 aromatic heterocycles. The maximum Gasteiger partial charge on any atom is 0.227 e. The lowest BCUT2D eigenvalue weighted by Gasteiger charge is -2.18. The lowest BCUT2D eigenvalue weighted by atomic mass is 10.1. The number of rotatable bonds is 5. The molecule has 3 nitrogen and oxygen atoms in total. The van der Waals surface area contributed by atoms with E-state index in [4.69, 9.17) is 11.6 Å². The monoisotopic (exact) mass is 384 g/mol. The smallest absolute Gasteiger partial charge is 0.227 e. The molecule has 0 saturated heterocycles. The van der Waals surface area contributed by atoms with Gasteiger partial charge >= 0.3 is 0 Å². The Labute approximate surface area is 163 Å². The zero-order chi connectivity index (χ0) is 18.7. The van der Waals surface area contributed by atoms with Gasteiger partial charge in [0.2, 0.25) is 5.91 Å². The van der Waals surface area contributed by atoms with Crippen molar-refractivity contribution in [3.8, 4) is 11.3 Å². The van der Waals surface area contributed by atoms with Gasteiger partial charge in [-0.15, -0.1) is 11.3 Å². The number of carbonyl (C=O) groups is 1. The molecule has 0 atom stereocenters. The van der Waals surface area contributed by atoms with Crippen LogP contribution in [0.4, 0.5) is 0 Å². The molecule has 1 amide bonds. The summed E-state index contributed by atoms with van der Waals surface area (Å²) in [5.74, 6) is 0.0573. The van der Waals surface area contributed by atoms with Crippen LogP contribution >= 0.6 is 22.9 Å². The van der Waals surface area contributed by atoms with Crippen LogP contribution in [0, 0.1) is 13.8 Å². The summed E-state index contributed by atoms with van der Waals surface area (Å²) in [7, 11) is 1.81. The highest BCUT2D eigenvalue weighted by Gasteiger charge is 2.18. The van der Waals surface area contributed by atoms with Crippen LogP contribution in [0.2, 0.25) is 5.02 Å². The van der Waals surface area contributed by atoms with Crippen molar-refractivity contribution in [3.05, 3.63) is 74.6 Å². The Bertz CT molecular complexity index is 918. The first-order valence-corrected chi connectivity index (χ1v) is 9.64. The standard InChI is InChI=1S/C21H21ClN2OS/c1-14-8-10-16(11-9-14)21-19(26-15(2)23-21)12-20(25)24(3)13-17-6-4-5-7-18(17)22/h4-11H,12-13H2,1-3H3. The largest absolute Gasteiger partial charge is 0.341 e. The van der Waals surface area contributed by atoms with Crippen molar-refractivity contribution in [3.63, 3.8) is 0 Å². The van der Waals surface area contributed by atoms with Crippen molar-refractivity contribution in [1.82, 2.24) is 9.88 Å². The van der Waals surface area contributed by atoms with E-state index in [0.717, 1.165) is 26.7 Å². The van der Waals surface area contributed by atoms with Gasteiger partial charge in [0.1, 0.15) is 0 Å². The summed E-state index contributed by atoms with van der Waals surface area (Å²) in [4.78, 5) is 20.1. The van der Waals surface area contributed by atoms with Gasteiger partial charge in [-0.25, -0.2) is 4.98 Å². The van der Waals surface area contributed by atoms with E-state index in [1.165, 1.54) is 5.56 Å². The van der Waals surface area contributed by atoms with Crippen LogP contribution < -0.4 is 0 Å². The van der Waals surface area contributed by atoms with Crippen LogP contribution in [0.25, 0.3) is 11.3 Å². The number of hydrogen-bond acceptors (Lipinski definition) is 3. The normalized spacial score (nSPS) is 10.8. The molecule has 0 aliphatic carbocycles. The minimum absolute atomic E-state index is 0.0573. The van der Waals surface area contributed by atoms with Crippen molar-refractivity contribution >= 4 is 28.8 Å². The second kappa shape index (κ2) is 8.02. The van der Waals surface area contributed by atoms with E-state index in [1.54, 1.807) is 16.2 Å². The van der Waals surface area contributed by atoms with Crippen LogP contribution in [-0.4, -0.2) is 22.8 Å². The molecule has 2 aromatic carbocycles. The quantitative estimate of drug-likeness (QED) is 0.599. The maximum absolute atomic E-state index is 12.7. The Balaban J connectivity index is 1.77. The Hall–Kier alpha value is -2.17. The van der Waals surface area contributed by atoms with Gasteiger partial charge in [0.15, 0.2) is 0 Å². The third kappa shape index (κ3) is 4.32. The van der Waals surface area contributed by atoms with Crippen molar-refractivity contribution in [2.45, 2.75) is 26.8 Å². The van der Waals surface area contributed by atoms with Crippen molar-refractivity contribution in [1.29, 1.82) is 0 Å². The summed E-state index contributed by atoms with van der Waals surface area (Å²) in [6, 6.07) is 15.9. The molecule has 3 aromatic rings. The van der Waals surface area contributed by atoms with Gasteiger partial charge in [-0.2, -0.15) is 0 Å². The predicted octanol–water partition coefficient (Wildman–Crippen LogP) is 5.28. The highest BCUT2D eigenvalue weighted by atomic mass is 35.5. The van der Waals surface area contributed by atoms with E-state index >= 15 is 0 Å². The van der Waals surface area contributed by atoms with E-state index in [9.17, 15) is 4.79 Å². The van der Waals surface area contributed by atoms with Gasteiger partial charge < -0.3 is 4.90 Å². The Morgan fingerprint density at radius 3 is 2.50 bits per heavy atom. The number of benzene rings is 2. The van der Waals surface area contributed by atoms with Crippen LogP contribution in [0.3, 0.4) is 0 Å². The minimum atomic E-state index is 0.0573. The Kier molecular flexibility index (Phi) is 5.74. The number of halogens is 1. The van der Waals surface area contributed by atoms with Crippen LogP contribution in [0.1, 0.15) is 21.0 Å². The molecule has 0 aliphatic heterocycles. The van der Waals surface area contributed by atoms with Gasteiger partial charge in [-0.1, -0.05) is 59.6 Å². The fraction of sp³-hybridized carbons (Fsp3) is 0.238. The van der Waals surface area contributed by atoms with Crippen LogP contribution in [0.15, 0.2) is 48.5 Å². The predicted molar refractivity (Wildman–Crippen MR) is 109 cm³/mol. The first-order chi connectivity index (χ1) is 12.4. The molecule has 0 bridgehead atoms. The highest BCUT2D eigenvalue weighted by Crippen LogP contribution is 2.29. The number of amides is 1. The van der Waals surface area contributed by atoms with Crippen molar-refractivity contribution < 1.29 is 4.79 Å². The van der Waals surface area contributed by atoms with E-state index in [-0.39, 0.29) is 5.91 Å². The number of carbonyl (C=O) groups excluding carboxylic acids is 1. The topological polar surface area (TPSA) is 33.2 Å². The molecule has 0 saturated carbocycles. The van der Waals surface area contributed by atoms with E-state index in [2.05, 4.69) is 36.2 Å². The zero-order valence-electron chi connectivity index (χ0n) is 15.1. The first kappa shape index (κ1) is 18.6. The second-order valence-corrected chi connectivity index (χ2v) is 8.08. The fourth-order valence-corrected chi connectivity index (χ4v) is 3.91. The van der Waals surface area contributed by atoms with E-state index in [0.29, 0.717) is 18.0 Å². The summed E-state index contributed by atoms with van der Waals surface area (Å²) in [5, 5.41) is 1.65. The fourth-order valence-electron chi connectivity index (χ4n) is 2.77. The minimum Gasteiger partial charge on any atom is -0.341 e. The lowest BCUT2D eigenvalue weighted by Crippen LogP contribution is -2.27. The molecular weight excluding hydrogens is 364 g/mol. The average Bonchev–Trinajstić information content (AvgIpc) is 2.97. The SMILES string of the molecule is Cc1ccc(-c2nc(C)sc2CC(=O)N(C)Cc2ccccc2Cl)cc1. The summed E-state index contributed by atoms with van der Waals surface area (Å²) in [6.07, 6.45) is 0.343. The molecule has 0 unspecified atom stereocenters.